The first-order valence-electron chi connectivity index (χ1n) is 6.48. The molecule has 0 fully saturated rings. The largest absolute Gasteiger partial charge is 0.378 e. The fraction of sp³-hybridized carbons (Fsp3) is 0.0769. The molecule has 0 aliphatic heterocycles. The Hall–Kier alpha value is -3.14. The molecule has 3 aromatic rings. The van der Waals surface area contributed by atoms with Crippen molar-refractivity contribution < 1.29 is 4.92 Å². The number of nitro groups is 1. The summed E-state index contributed by atoms with van der Waals surface area (Å²) in [5.74, 6) is -0.107. The van der Waals surface area contributed by atoms with Gasteiger partial charge in [0.15, 0.2) is 0 Å². The van der Waals surface area contributed by atoms with Gasteiger partial charge in [-0.25, -0.2) is 15.0 Å². The first-order chi connectivity index (χ1) is 11.1. The third-order valence-electron chi connectivity index (χ3n) is 2.95. The standard InChI is InChI=1S/C13H11N7O2S/c14-11-10(20(21)22)12(18-7-17-11)16-5-9-6-23-13(19-9)8-1-3-15-4-2-8/h1-4,6-7H,5H2,(H3,14,16,17,18). The number of nitrogens with one attached hydrogen (secondary N) is 1. The summed E-state index contributed by atoms with van der Waals surface area (Å²) >= 11 is 1.48. The summed E-state index contributed by atoms with van der Waals surface area (Å²) in [5.41, 5.74) is 6.89. The molecular weight excluding hydrogens is 318 g/mol. The molecule has 0 aromatic carbocycles. The number of nitrogens with zero attached hydrogens (tertiary/aromatic N) is 5. The SMILES string of the molecule is Nc1ncnc(NCc2csc(-c3ccncc3)n2)c1[N+](=O)[O-]. The highest BCUT2D eigenvalue weighted by molar-refractivity contribution is 7.13. The summed E-state index contributed by atoms with van der Waals surface area (Å²) in [6, 6.07) is 3.73. The highest BCUT2D eigenvalue weighted by Crippen LogP contribution is 2.27. The van der Waals surface area contributed by atoms with E-state index in [1.807, 2.05) is 17.5 Å². The van der Waals surface area contributed by atoms with E-state index >= 15 is 0 Å². The van der Waals surface area contributed by atoms with Gasteiger partial charge in [-0.3, -0.25) is 15.1 Å². The van der Waals surface area contributed by atoms with Crippen LogP contribution in [0, 0.1) is 10.1 Å². The average Bonchev–Trinajstić information content (AvgIpc) is 3.02. The second-order valence-corrected chi connectivity index (χ2v) is 5.30. The van der Waals surface area contributed by atoms with Crippen molar-refractivity contribution in [3.63, 3.8) is 0 Å². The minimum absolute atomic E-state index is 0.0703. The molecule has 3 aromatic heterocycles. The monoisotopic (exact) mass is 329 g/mol. The lowest BCUT2D eigenvalue weighted by molar-refractivity contribution is -0.383. The van der Waals surface area contributed by atoms with Gasteiger partial charge in [0.05, 0.1) is 17.2 Å². The summed E-state index contributed by atoms with van der Waals surface area (Å²) in [6.07, 6.45) is 4.57. The molecule has 0 bridgehead atoms. The maximum absolute atomic E-state index is 11.0. The number of nitrogen functional groups attached to an aromatic ring is 1. The Bertz CT molecular complexity index is 837. The summed E-state index contributed by atoms with van der Waals surface area (Å²) < 4.78 is 0. The van der Waals surface area contributed by atoms with Crippen LogP contribution >= 0.6 is 11.3 Å². The van der Waals surface area contributed by atoms with Crippen LogP contribution in [0.5, 0.6) is 0 Å². The van der Waals surface area contributed by atoms with Gasteiger partial charge in [0, 0.05) is 23.3 Å². The molecule has 0 atom stereocenters. The van der Waals surface area contributed by atoms with Gasteiger partial charge < -0.3 is 11.1 Å². The molecule has 9 nitrogen and oxygen atoms in total. The van der Waals surface area contributed by atoms with Crippen molar-refractivity contribution in [2.75, 3.05) is 11.1 Å². The Labute approximate surface area is 134 Å². The molecule has 3 N–H and O–H groups in total. The number of hydrogen-bond donors (Lipinski definition) is 2. The Balaban J connectivity index is 1.76. The van der Waals surface area contributed by atoms with E-state index in [9.17, 15) is 10.1 Å². The average molecular weight is 329 g/mol. The second-order valence-electron chi connectivity index (χ2n) is 4.45. The molecule has 116 valence electrons. The molecule has 23 heavy (non-hydrogen) atoms. The van der Waals surface area contributed by atoms with Gasteiger partial charge >= 0.3 is 5.69 Å². The number of aromatic nitrogens is 4. The fourth-order valence-corrected chi connectivity index (χ4v) is 2.72. The van der Waals surface area contributed by atoms with Crippen LogP contribution in [0.25, 0.3) is 10.6 Å². The van der Waals surface area contributed by atoms with Crippen LogP contribution in [-0.4, -0.2) is 24.9 Å². The van der Waals surface area contributed by atoms with Crippen LogP contribution in [-0.2, 0) is 6.54 Å². The van der Waals surface area contributed by atoms with Crippen LogP contribution in [0.3, 0.4) is 0 Å². The van der Waals surface area contributed by atoms with Gasteiger partial charge in [-0.2, -0.15) is 0 Å². The highest BCUT2D eigenvalue weighted by atomic mass is 32.1. The van der Waals surface area contributed by atoms with Crippen molar-refractivity contribution in [3.05, 3.63) is 52.0 Å². The van der Waals surface area contributed by atoms with Crippen molar-refractivity contribution in [2.24, 2.45) is 0 Å². The van der Waals surface area contributed by atoms with Gasteiger partial charge in [0.25, 0.3) is 0 Å². The van der Waals surface area contributed by atoms with Crippen LogP contribution in [0.1, 0.15) is 5.69 Å². The predicted molar refractivity (Wildman–Crippen MR) is 85.8 cm³/mol. The number of nitrogens with two attached hydrogens (primary N) is 1. The molecule has 0 amide bonds. The molecule has 0 aliphatic rings. The molecule has 0 unspecified atom stereocenters. The predicted octanol–water partition coefficient (Wildman–Crippen LogP) is 2.10. The molecule has 0 saturated carbocycles. The van der Waals surface area contributed by atoms with E-state index in [1.165, 1.54) is 17.7 Å². The fourth-order valence-electron chi connectivity index (χ4n) is 1.89. The molecule has 3 rings (SSSR count). The van der Waals surface area contributed by atoms with E-state index in [-0.39, 0.29) is 17.3 Å². The zero-order chi connectivity index (χ0) is 16.2. The number of pyridine rings is 1. The van der Waals surface area contributed by atoms with Crippen molar-refractivity contribution in [3.8, 4) is 10.6 Å². The molecule has 10 heteroatoms. The van der Waals surface area contributed by atoms with Gasteiger partial charge in [0.2, 0.25) is 11.6 Å². The Morgan fingerprint density at radius 2 is 2.09 bits per heavy atom. The summed E-state index contributed by atoms with van der Waals surface area (Å²) in [5, 5.41) is 16.6. The van der Waals surface area contributed by atoms with Crippen molar-refractivity contribution in [1.29, 1.82) is 0 Å². The summed E-state index contributed by atoms with van der Waals surface area (Å²) in [4.78, 5) is 26.3. The Morgan fingerprint density at radius 1 is 1.30 bits per heavy atom. The van der Waals surface area contributed by atoms with Gasteiger partial charge in [0.1, 0.15) is 11.3 Å². The zero-order valence-corrected chi connectivity index (χ0v) is 12.5. The van der Waals surface area contributed by atoms with Gasteiger partial charge in [-0.15, -0.1) is 11.3 Å². The highest BCUT2D eigenvalue weighted by Gasteiger charge is 2.20. The first-order valence-corrected chi connectivity index (χ1v) is 7.36. The van der Waals surface area contributed by atoms with E-state index < -0.39 is 4.92 Å². The summed E-state index contributed by atoms with van der Waals surface area (Å²) in [7, 11) is 0. The van der Waals surface area contributed by atoms with Crippen molar-refractivity contribution >= 4 is 28.7 Å². The number of anilines is 2. The first kappa shape index (κ1) is 14.8. The minimum atomic E-state index is -0.610. The van der Waals surface area contributed by atoms with Crippen molar-refractivity contribution in [1.82, 2.24) is 19.9 Å². The number of hydrogen-bond acceptors (Lipinski definition) is 9. The van der Waals surface area contributed by atoms with Crippen LogP contribution in [0.15, 0.2) is 36.2 Å². The topological polar surface area (TPSA) is 133 Å². The maximum Gasteiger partial charge on any atom is 0.352 e. The normalized spacial score (nSPS) is 10.4. The van der Waals surface area contributed by atoms with E-state index in [2.05, 4.69) is 25.3 Å². The van der Waals surface area contributed by atoms with Crippen LogP contribution in [0.4, 0.5) is 17.3 Å². The lowest BCUT2D eigenvalue weighted by Crippen LogP contribution is -2.08. The van der Waals surface area contributed by atoms with E-state index in [1.54, 1.807) is 12.4 Å². The molecule has 0 aliphatic carbocycles. The lowest BCUT2D eigenvalue weighted by Gasteiger charge is -2.05. The molecule has 0 radical (unpaired) electrons. The number of rotatable bonds is 5. The summed E-state index contributed by atoms with van der Waals surface area (Å²) in [6.45, 7) is 0.291. The molecular formula is C13H11N7O2S. The lowest BCUT2D eigenvalue weighted by atomic mass is 10.3. The van der Waals surface area contributed by atoms with E-state index in [4.69, 9.17) is 5.73 Å². The third-order valence-corrected chi connectivity index (χ3v) is 3.89. The van der Waals surface area contributed by atoms with Crippen LogP contribution in [0.2, 0.25) is 0 Å². The second kappa shape index (κ2) is 6.32. The quantitative estimate of drug-likeness (QED) is 0.537. The van der Waals surface area contributed by atoms with Crippen molar-refractivity contribution in [2.45, 2.75) is 6.54 Å². The smallest absolute Gasteiger partial charge is 0.352 e. The zero-order valence-electron chi connectivity index (χ0n) is 11.7. The van der Waals surface area contributed by atoms with Gasteiger partial charge in [-0.05, 0) is 12.1 Å². The third kappa shape index (κ3) is 3.21. The minimum Gasteiger partial charge on any atom is -0.378 e. The molecule has 3 heterocycles. The molecule has 0 spiro atoms. The number of thiazole rings is 1. The Kier molecular flexibility index (Phi) is 4.06. The Morgan fingerprint density at radius 3 is 2.83 bits per heavy atom. The maximum atomic E-state index is 11.0. The van der Waals surface area contributed by atoms with E-state index in [0.717, 1.165) is 16.3 Å². The van der Waals surface area contributed by atoms with E-state index in [0.29, 0.717) is 6.54 Å². The molecule has 0 saturated heterocycles. The van der Waals surface area contributed by atoms with Gasteiger partial charge in [-0.1, -0.05) is 0 Å². The van der Waals surface area contributed by atoms with Crippen LogP contribution < -0.4 is 11.1 Å².